The molecule has 3 rings (SSSR count). The van der Waals surface area contributed by atoms with Gasteiger partial charge in [-0.15, -0.1) is 0 Å². The molecule has 1 amide bonds. The highest BCUT2D eigenvalue weighted by atomic mass is 16.6. The summed E-state index contributed by atoms with van der Waals surface area (Å²) >= 11 is 0. The fourth-order valence-electron chi connectivity index (χ4n) is 4.14. The second-order valence-electron chi connectivity index (χ2n) is 8.64. The third kappa shape index (κ3) is 5.23. The highest BCUT2D eigenvalue weighted by Crippen LogP contribution is 2.34. The van der Waals surface area contributed by atoms with Crippen LogP contribution in [0.2, 0.25) is 0 Å². The first-order valence-electron chi connectivity index (χ1n) is 10.1. The lowest BCUT2D eigenvalue weighted by atomic mass is 9.79. The topological polar surface area (TPSA) is 70.6 Å². The van der Waals surface area contributed by atoms with Crippen molar-refractivity contribution in [1.29, 1.82) is 0 Å². The molecule has 0 bridgehead atoms. The Balaban J connectivity index is 1.46. The summed E-state index contributed by atoms with van der Waals surface area (Å²) in [4.78, 5) is 25.1. The van der Waals surface area contributed by atoms with Crippen LogP contribution in [-0.4, -0.2) is 59.8 Å². The van der Waals surface area contributed by atoms with E-state index in [2.05, 4.69) is 20.2 Å². The molecule has 2 aliphatic rings. The molecular weight excluding hydrogens is 342 g/mol. The van der Waals surface area contributed by atoms with Crippen LogP contribution in [0.15, 0.2) is 12.4 Å². The molecule has 0 radical (unpaired) electrons. The maximum atomic E-state index is 12.2. The van der Waals surface area contributed by atoms with Gasteiger partial charge in [-0.25, -0.2) is 14.8 Å². The Hall–Kier alpha value is -2.05. The van der Waals surface area contributed by atoms with Gasteiger partial charge in [0.2, 0.25) is 0 Å². The molecule has 1 N–H and O–H groups in total. The van der Waals surface area contributed by atoms with Gasteiger partial charge < -0.3 is 19.9 Å². The minimum absolute atomic E-state index is 0.167. The third-order valence-electron chi connectivity index (χ3n) is 5.63. The van der Waals surface area contributed by atoms with Crippen LogP contribution in [0.3, 0.4) is 0 Å². The monoisotopic (exact) mass is 375 g/mol. The van der Waals surface area contributed by atoms with Gasteiger partial charge in [0.05, 0.1) is 0 Å². The summed E-state index contributed by atoms with van der Waals surface area (Å²) in [6.45, 7) is 9.47. The lowest BCUT2D eigenvalue weighted by Crippen LogP contribution is -2.44. The largest absolute Gasteiger partial charge is 0.444 e. The number of likely N-dealkylation sites (tertiary alicyclic amines) is 1. The molecule has 0 saturated carbocycles. The minimum Gasteiger partial charge on any atom is -0.444 e. The van der Waals surface area contributed by atoms with E-state index in [1.165, 1.54) is 12.8 Å². The predicted octanol–water partition coefficient (Wildman–Crippen LogP) is 3.38. The smallest absolute Gasteiger partial charge is 0.410 e. The number of hydrogen-bond donors (Lipinski definition) is 1. The van der Waals surface area contributed by atoms with Crippen LogP contribution < -0.4 is 10.2 Å². The molecule has 0 spiro atoms. The van der Waals surface area contributed by atoms with Crippen LogP contribution >= 0.6 is 0 Å². The molecule has 150 valence electrons. The highest BCUT2D eigenvalue weighted by Gasteiger charge is 2.32. The zero-order chi connectivity index (χ0) is 19.4. The number of nitrogens with zero attached hydrogens (tertiary/aromatic N) is 4. The normalized spacial score (nSPS) is 19.9. The first kappa shape index (κ1) is 19.7. The Kier molecular flexibility index (Phi) is 6.07. The molecule has 0 aliphatic carbocycles. The van der Waals surface area contributed by atoms with E-state index in [-0.39, 0.29) is 6.09 Å². The van der Waals surface area contributed by atoms with E-state index in [1.807, 2.05) is 38.8 Å². The van der Waals surface area contributed by atoms with Gasteiger partial charge in [-0.2, -0.15) is 0 Å². The molecule has 1 aromatic heterocycles. The Bertz CT molecular complexity index is 630. The number of nitrogens with one attached hydrogen (secondary N) is 1. The Labute approximate surface area is 162 Å². The van der Waals surface area contributed by atoms with Crippen molar-refractivity contribution >= 4 is 17.7 Å². The molecule has 2 saturated heterocycles. The van der Waals surface area contributed by atoms with Crippen molar-refractivity contribution < 1.29 is 9.53 Å². The number of carbonyl (C=O) groups excluding carboxylic acids is 1. The number of anilines is 2. The van der Waals surface area contributed by atoms with Crippen molar-refractivity contribution in [2.75, 3.05) is 43.4 Å². The summed E-state index contributed by atoms with van der Waals surface area (Å²) in [6, 6.07) is 2.01. The van der Waals surface area contributed by atoms with Gasteiger partial charge in [0.15, 0.2) is 0 Å². The predicted molar refractivity (Wildman–Crippen MR) is 107 cm³/mol. The number of aromatic nitrogens is 2. The van der Waals surface area contributed by atoms with Gasteiger partial charge in [-0.3, -0.25) is 0 Å². The summed E-state index contributed by atoms with van der Waals surface area (Å²) in [7, 11) is 1.88. The van der Waals surface area contributed by atoms with Crippen molar-refractivity contribution in [1.82, 2.24) is 14.9 Å². The van der Waals surface area contributed by atoms with Crippen LogP contribution in [0, 0.1) is 11.8 Å². The van der Waals surface area contributed by atoms with Crippen LogP contribution in [-0.2, 0) is 4.74 Å². The molecule has 3 heterocycles. The van der Waals surface area contributed by atoms with Crippen molar-refractivity contribution in [2.45, 2.75) is 52.1 Å². The molecule has 1 aromatic rings. The van der Waals surface area contributed by atoms with E-state index in [4.69, 9.17) is 4.74 Å². The maximum Gasteiger partial charge on any atom is 0.410 e. The van der Waals surface area contributed by atoms with Crippen molar-refractivity contribution in [3.63, 3.8) is 0 Å². The van der Waals surface area contributed by atoms with E-state index in [1.54, 1.807) is 6.33 Å². The number of carbonyl (C=O) groups is 1. The number of piperidine rings is 2. The molecule has 2 fully saturated rings. The minimum atomic E-state index is -0.422. The van der Waals surface area contributed by atoms with Gasteiger partial charge in [-0.05, 0) is 58.3 Å². The molecule has 0 unspecified atom stereocenters. The van der Waals surface area contributed by atoms with Crippen LogP contribution in [0.5, 0.6) is 0 Å². The van der Waals surface area contributed by atoms with Crippen LogP contribution in [0.25, 0.3) is 0 Å². The summed E-state index contributed by atoms with van der Waals surface area (Å²) < 4.78 is 5.50. The molecule has 2 aliphatic heterocycles. The van der Waals surface area contributed by atoms with E-state index in [0.29, 0.717) is 5.92 Å². The average Bonchev–Trinajstić information content (AvgIpc) is 2.67. The van der Waals surface area contributed by atoms with E-state index >= 15 is 0 Å². The van der Waals surface area contributed by atoms with E-state index in [9.17, 15) is 4.79 Å². The van der Waals surface area contributed by atoms with Crippen molar-refractivity contribution in [3.05, 3.63) is 12.4 Å². The molecule has 0 aromatic carbocycles. The van der Waals surface area contributed by atoms with Gasteiger partial charge in [0.1, 0.15) is 23.6 Å². The van der Waals surface area contributed by atoms with E-state index in [0.717, 1.165) is 56.6 Å². The quantitative estimate of drug-likeness (QED) is 0.873. The SMILES string of the molecule is CNc1cc(N2CCC(C3CCN(C(=O)OC(C)(C)C)CC3)CC2)ncn1. The molecule has 7 heteroatoms. The van der Waals surface area contributed by atoms with Gasteiger partial charge in [0, 0.05) is 39.3 Å². The summed E-state index contributed by atoms with van der Waals surface area (Å²) in [6.07, 6.45) is 6.01. The van der Waals surface area contributed by atoms with Crippen molar-refractivity contribution in [3.8, 4) is 0 Å². The van der Waals surface area contributed by atoms with Crippen LogP contribution in [0.1, 0.15) is 46.5 Å². The Morgan fingerprint density at radius 1 is 1.07 bits per heavy atom. The maximum absolute atomic E-state index is 12.2. The summed E-state index contributed by atoms with van der Waals surface area (Å²) in [5, 5.41) is 3.07. The number of rotatable bonds is 3. The highest BCUT2D eigenvalue weighted by molar-refractivity contribution is 5.68. The fourth-order valence-corrected chi connectivity index (χ4v) is 4.14. The Morgan fingerprint density at radius 3 is 2.22 bits per heavy atom. The summed E-state index contributed by atoms with van der Waals surface area (Å²) in [5.74, 6) is 3.32. The second-order valence-corrected chi connectivity index (χ2v) is 8.64. The first-order valence-corrected chi connectivity index (χ1v) is 10.1. The average molecular weight is 376 g/mol. The van der Waals surface area contributed by atoms with Crippen LogP contribution in [0.4, 0.5) is 16.4 Å². The van der Waals surface area contributed by atoms with Gasteiger partial charge in [-0.1, -0.05) is 0 Å². The lowest BCUT2D eigenvalue weighted by molar-refractivity contribution is 0.0152. The number of hydrogen-bond acceptors (Lipinski definition) is 6. The fraction of sp³-hybridized carbons (Fsp3) is 0.750. The molecule has 27 heavy (non-hydrogen) atoms. The van der Waals surface area contributed by atoms with Crippen molar-refractivity contribution in [2.24, 2.45) is 11.8 Å². The number of ether oxygens (including phenoxy) is 1. The first-order chi connectivity index (χ1) is 12.9. The third-order valence-corrected chi connectivity index (χ3v) is 5.63. The van der Waals surface area contributed by atoms with E-state index < -0.39 is 5.60 Å². The van der Waals surface area contributed by atoms with Gasteiger partial charge >= 0.3 is 6.09 Å². The zero-order valence-electron chi connectivity index (χ0n) is 17.1. The lowest BCUT2D eigenvalue weighted by Gasteiger charge is -2.40. The molecular formula is C20H33N5O2. The standard InChI is InChI=1S/C20H33N5O2/c1-20(2,3)27-19(26)25-11-7-16(8-12-25)15-5-9-24(10-6-15)18-13-17(21-4)22-14-23-18/h13-16H,5-12H2,1-4H3,(H,21,22,23). The summed E-state index contributed by atoms with van der Waals surface area (Å²) in [5.41, 5.74) is -0.422. The molecule has 0 atom stereocenters. The second kappa shape index (κ2) is 8.31. The van der Waals surface area contributed by atoms with Gasteiger partial charge in [0.25, 0.3) is 0 Å². The number of amides is 1. The Morgan fingerprint density at radius 2 is 1.67 bits per heavy atom. The zero-order valence-corrected chi connectivity index (χ0v) is 17.1. The molecule has 7 nitrogen and oxygen atoms in total.